The van der Waals surface area contributed by atoms with Gasteiger partial charge in [-0.05, 0) is 36.1 Å². The van der Waals surface area contributed by atoms with Gasteiger partial charge in [0.05, 0.1) is 7.11 Å². The lowest BCUT2D eigenvalue weighted by atomic mass is 9.62. The first-order valence-corrected chi connectivity index (χ1v) is 5.89. The Labute approximate surface area is 114 Å². The van der Waals surface area contributed by atoms with E-state index >= 15 is 0 Å². The first-order chi connectivity index (χ1) is 9.43. The molecule has 0 spiro atoms. The molecule has 104 valence electrons. The minimum Gasteiger partial charge on any atom is -0.494 e. The molecule has 2 aromatic carbocycles. The van der Waals surface area contributed by atoms with Crippen LogP contribution in [-0.4, -0.2) is 14.4 Å². The normalized spacial score (nSPS) is 10.5. The molecule has 0 bridgehead atoms. The van der Waals surface area contributed by atoms with Crippen molar-refractivity contribution in [3.8, 4) is 5.75 Å². The second-order valence-electron chi connectivity index (χ2n) is 4.39. The maximum Gasteiger partial charge on any atom is 0.200 e. The number of hydrogen-bond donors (Lipinski definition) is 0. The Morgan fingerprint density at radius 2 is 1.70 bits per heavy atom. The zero-order valence-electron chi connectivity index (χ0n) is 10.9. The van der Waals surface area contributed by atoms with Crippen LogP contribution < -0.4 is 15.7 Å². The van der Waals surface area contributed by atoms with Gasteiger partial charge in [0.2, 0.25) is 7.28 Å². The molecular formula is C14H11BF4O. The van der Waals surface area contributed by atoms with Gasteiger partial charge < -0.3 is 4.74 Å². The summed E-state index contributed by atoms with van der Waals surface area (Å²) < 4.78 is 59.1. The summed E-state index contributed by atoms with van der Waals surface area (Å²) in [6, 6.07) is 4.02. The summed E-state index contributed by atoms with van der Waals surface area (Å²) in [6.45, 7) is 1.43. The lowest BCUT2D eigenvalue weighted by Gasteiger charge is -2.10. The molecule has 2 aromatic rings. The van der Waals surface area contributed by atoms with E-state index in [2.05, 4.69) is 0 Å². The highest BCUT2D eigenvalue weighted by Gasteiger charge is 2.18. The van der Waals surface area contributed by atoms with Crippen LogP contribution in [0.2, 0.25) is 0 Å². The van der Waals surface area contributed by atoms with Crippen molar-refractivity contribution < 1.29 is 22.3 Å². The van der Waals surface area contributed by atoms with Crippen molar-refractivity contribution in [3.63, 3.8) is 0 Å². The van der Waals surface area contributed by atoms with Gasteiger partial charge in [-0.15, -0.1) is 0 Å². The predicted octanol–water partition coefficient (Wildman–Crippen LogP) is 1.95. The molecule has 0 atom stereocenters. The molecule has 1 nitrogen and oxygen atoms in total. The highest BCUT2D eigenvalue weighted by atomic mass is 19.1. The molecule has 0 unspecified atom stereocenters. The molecule has 0 saturated carbocycles. The molecule has 0 aromatic heterocycles. The van der Waals surface area contributed by atoms with Crippen molar-refractivity contribution in [3.05, 3.63) is 53.1 Å². The Kier molecular flexibility index (Phi) is 4.02. The second-order valence-corrected chi connectivity index (χ2v) is 4.39. The van der Waals surface area contributed by atoms with Crippen LogP contribution in [0.25, 0.3) is 0 Å². The average Bonchev–Trinajstić information content (AvgIpc) is 2.40. The van der Waals surface area contributed by atoms with Gasteiger partial charge in [0.1, 0.15) is 17.5 Å². The van der Waals surface area contributed by atoms with Gasteiger partial charge in [0, 0.05) is 6.07 Å². The zero-order valence-corrected chi connectivity index (χ0v) is 10.9. The van der Waals surface area contributed by atoms with Gasteiger partial charge in [0.15, 0.2) is 11.6 Å². The van der Waals surface area contributed by atoms with E-state index < -0.39 is 23.3 Å². The van der Waals surface area contributed by atoms with Crippen LogP contribution >= 0.6 is 0 Å². The van der Waals surface area contributed by atoms with Crippen molar-refractivity contribution in [2.24, 2.45) is 0 Å². The second kappa shape index (κ2) is 5.57. The summed E-state index contributed by atoms with van der Waals surface area (Å²) in [4.78, 5) is 0. The summed E-state index contributed by atoms with van der Waals surface area (Å²) in [5, 5.41) is 0. The molecule has 0 radical (unpaired) electrons. The summed E-state index contributed by atoms with van der Waals surface area (Å²) in [7, 11) is 1.00. The SMILES string of the molecule is COc1ccc(F)c(Bc2cc(F)cc(F)c2C)c1F. The molecule has 0 aliphatic carbocycles. The summed E-state index contributed by atoms with van der Waals surface area (Å²) >= 11 is 0. The number of methoxy groups -OCH3 is 1. The zero-order chi connectivity index (χ0) is 14.9. The average molecular weight is 282 g/mol. The van der Waals surface area contributed by atoms with Crippen LogP contribution in [-0.2, 0) is 0 Å². The van der Waals surface area contributed by atoms with E-state index in [1.807, 2.05) is 0 Å². The molecule has 2 rings (SSSR count). The van der Waals surface area contributed by atoms with Gasteiger partial charge in [-0.2, -0.15) is 0 Å². The van der Waals surface area contributed by atoms with E-state index in [1.165, 1.54) is 14.0 Å². The summed E-state index contributed by atoms with van der Waals surface area (Å²) in [5.74, 6) is -3.30. The standard InChI is InChI=1S/C14H11BF4O/c1-7-9(5-8(16)6-11(7)18)15-13-10(17)3-4-12(20-2)14(13)19/h3-6,15H,1-2H3. The van der Waals surface area contributed by atoms with E-state index in [0.717, 1.165) is 24.3 Å². The van der Waals surface area contributed by atoms with Crippen LogP contribution in [0.1, 0.15) is 5.56 Å². The van der Waals surface area contributed by atoms with Crippen molar-refractivity contribution in [1.29, 1.82) is 0 Å². The monoisotopic (exact) mass is 282 g/mol. The number of hydrogen-bond acceptors (Lipinski definition) is 1. The highest BCUT2D eigenvalue weighted by molar-refractivity contribution is 6.68. The Morgan fingerprint density at radius 1 is 1.00 bits per heavy atom. The Bertz CT molecular complexity index is 658. The number of rotatable bonds is 3. The van der Waals surface area contributed by atoms with Crippen molar-refractivity contribution in [2.75, 3.05) is 7.11 Å². The van der Waals surface area contributed by atoms with E-state index in [9.17, 15) is 17.6 Å². The van der Waals surface area contributed by atoms with E-state index in [0.29, 0.717) is 0 Å². The molecule has 0 aliphatic rings. The van der Waals surface area contributed by atoms with Gasteiger partial charge >= 0.3 is 0 Å². The molecule has 6 heteroatoms. The van der Waals surface area contributed by atoms with Crippen LogP contribution in [0.5, 0.6) is 5.75 Å². The lowest BCUT2D eigenvalue weighted by molar-refractivity contribution is 0.386. The smallest absolute Gasteiger partial charge is 0.200 e. The van der Waals surface area contributed by atoms with Crippen molar-refractivity contribution >= 4 is 18.2 Å². The van der Waals surface area contributed by atoms with Crippen molar-refractivity contribution in [2.45, 2.75) is 6.92 Å². The maximum absolute atomic E-state index is 14.0. The van der Waals surface area contributed by atoms with Crippen molar-refractivity contribution in [1.82, 2.24) is 0 Å². The fraction of sp³-hybridized carbons (Fsp3) is 0.143. The quantitative estimate of drug-likeness (QED) is 0.617. The first-order valence-electron chi connectivity index (χ1n) is 5.89. The number of benzene rings is 2. The largest absolute Gasteiger partial charge is 0.494 e. The topological polar surface area (TPSA) is 9.23 Å². The third kappa shape index (κ3) is 2.64. The van der Waals surface area contributed by atoms with Gasteiger partial charge in [0.25, 0.3) is 0 Å². The number of ether oxygens (including phenoxy) is 1. The third-order valence-electron chi connectivity index (χ3n) is 3.15. The molecule has 0 saturated heterocycles. The van der Waals surface area contributed by atoms with E-state index in [-0.39, 0.29) is 29.5 Å². The van der Waals surface area contributed by atoms with Crippen LogP contribution in [0, 0.1) is 30.2 Å². The molecule has 0 aliphatic heterocycles. The molecule has 0 heterocycles. The minimum atomic E-state index is -0.864. The minimum absolute atomic E-state index is 0.115. The molecule has 20 heavy (non-hydrogen) atoms. The summed E-state index contributed by atoms with van der Waals surface area (Å²) in [5.41, 5.74) is 0.0685. The Balaban J connectivity index is 2.50. The maximum atomic E-state index is 14.0. The fourth-order valence-electron chi connectivity index (χ4n) is 1.97. The Hall–Kier alpha value is -1.98. The molecule has 0 N–H and O–H groups in total. The molecule has 0 amide bonds. The van der Waals surface area contributed by atoms with E-state index in [4.69, 9.17) is 4.74 Å². The van der Waals surface area contributed by atoms with Gasteiger partial charge in [-0.25, -0.2) is 17.6 Å². The highest BCUT2D eigenvalue weighted by Crippen LogP contribution is 2.15. The fourth-order valence-corrected chi connectivity index (χ4v) is 1.97. The van der Waals surface area contributed by atoms with Crippen LogP contribution in [0.15, 0.2) is 24.3 Å². The third-order valence-corrected chi connectivity index (χ3v) is 3.15. The van der Waals surface area contributed by atoms with Crippen LogP contribution in [0.3, 0.4) is 0 Å². The van der Waals surface area contributed by atoms with Gasteiger partial charge in [-0.1, -0.05) is 5.46 Å². The summed E-state index contributed by atoms with van der Waals surface area (Å²) in [6.07, 6.45) is 0. The predicted molar refractivity (Wildman–Crippen MR) is 70.4 cm³/mol. The number of halogens is 4. The van der Waals surface area contributed by atoms with Gasteiger partial charge in [-0.3, -0.25) is 0 Å². The first kappa shape index (κ1) is 14.4. The van der Waals surface area contributed by atoms with E-state index in [1.54, 1.807) is 0 Å². The Morgan fingerprint density at radius 3 is 2.35 bits per heavy atom. The van der Waals surface area contributed by atoms with Crippen LogP contribution in [0.4, 0.5) is 17.6 Å². The lowest BCUT2D eigenvalue weighted by Crippen LogP contribution is -2.34. The molecular weight excluding hydrogens is 271 g/mol. The molecule has 0 fully saturated rings.